The van der Waals surface area contributed by atoms with Crippen molar-refractivity contribution in [2.75, 3.05) is 6.61 Å². The second kappa shape index (κ2) is 5.14. The number of hydrogen-bond donors (Lipinski definition) is 1. The van der Waals surface area contributed by atoms with Gasteiger partial charge in [0.1, 0.15) is 0 Å². The highest BCUT2D eigenvalue weighted by Gasteiger charge is 2.19. The van der Waals surface area contributed by atoms with Gasteiger partial charge in [0, 0.05) is 6.61 Å². The normalized spacial score (nSPS) is 16.6. The van der Waals surface area contributed by atoms with E-state index in [0.29, 0.717) is 0 Å². The van der Waals surface area contributed by atoms with Gasteiger partial charge in [0.05, 0.1) is 0 Å². The molecule has 0 aromatic carbocycles. The van der Waals surface area contributed by atoms with E-state index >= 15 is 0 Å². The summed E-state index contributed by atoms with van der Waals surface area (Å²) in [7, 11) is 0. The van der Waals surface area contributed by atoms with Crippen molar-refractivity contribution in [3.05, 3.63) is 24.8 Å². The fourth-order valence-corrected chi connectivity index (χ4v) is 0.963. The zero-order chi connectivity index (χ0) is 8.74. The van der Waals surface area contributed by atoms with E-state index in [1.54, 1.807) is 0 Å². The summed E-state index contributed by atoms with van der Waals surface area (Å²) in [6.07, 6.45) is 7.75. The lowest BCUT2D eigenvalue weighted by Crippen LogP contribution is -2.19. The first-order valence-electron chi connectivity index (χ1n) is 4.01. The third kappa shape index (κ3) is 3.99. The van der Waals surface area contributed by atoms with E-state index < -0.39 is 0 Å². The van der Waals surface area contributed by atoms with Crippen LogP contribution in [-0.4, -0.2) is 11.7 Å². The van der Waals surface area contributed by atoms with E-state index in [0.717, 1.165) is 12.8 Å². The highest BCUT2D eigenvalue weighted by atomic mass is 16.3. The van der Waals surface area contributed by atoms with E-state index in [1.807, 2.05) is 19.1 Å². The molecule has 0 rings (SSSR count). The average Bonchev–Trinajstić information content (AvgIpc) is 2.02. The van der Waals surface area contributed by atoms with E-state index in [1.165, 1.54) is 0 Å². The summed E-state index contributed by atoms with van der Waals surface area (Å²) in [4.78, 5) is 0. The summed E-state index contributed by atoms with van der Waals surface area (Å²) >= 11 is 0. The molecule has 0 bridgehead atoms. The van der Waals surface area contributed by atoms with E-state index in [9.17, 15) is 0 Å². The Morgan fingerprint density at radius 2 is 2.09 bits per heavy atom. The molecule has 0 spiro atoms. The van der Waals surface area contributed by atoms with Crippen molar-refractivity contribution in [3.8, 4) is 0 Å². The van der Waals surface area contributed by atoms with Gasteiger partial charge in [0.2, 0.25) is 0 Å². The Balaban J connectivity index is 3.97. The van der Waals surface area contributed by atoms with Crippen molar-refractivity contribution in [1.29, 1.82) is 0 Å². The average molecular weight is 154 g/mol. The number of hydrogen-bond acceptors (Lipinski definition) is 1. The van der Waals surface area contributed by atoms with Gasteiger partial charge in [-0.2, -0.15) is 0 Å². The van der Waals surface area contributed by atoms with Crippen LogP contribution in [0.1, 0.15) is 26.7 Å². The Morgan fingerprint density at radius 3 is 2.45 bits per heavy atom. The van der Waals surface area contributed by atoms with Gasteiger partial charge in [0.25, 0.3) is 0 Å². The molecule has 0 aliphatic rings. The van der Waals surface area contributed by atoms with Crippen molar-refractivity contribution in [3.63, 3.8) is 0 Å². The number of aliphatic hydroxyl groups is 1. The minimum atomic E-state index is -0.00569. The summed E-state index contributed by atoms with van der Waals surface area (Å²) in [6.45, 7) is 7.95. The third-order valence-electron chi connectivity index (χ3n) is 1.87. The van der Waals surface area contributed by atoms with Crippen LogP contribution in [0.25, 0.3) is 0 Å². The standard InChI is InChI=1S/C10H18O/c1-4-6-8-10(3,9-11)7-5-2/h4-6,11H,2,7-9H2,1,3H3. The van der Waals surface area contributed by atoms with Crippen molar-refractivity contribution in [1.82, 2.24) is 0 Å². The van der Waals surface area contributed by atoms with Crippen LogP contribution in [0.2, 0.25) is 0 Å². The fraction of sp³-hybridized carbons (Fsp3) is 0.600. The minimum absolute atomic E-state index is 0.00569. The van der Waals surface area contributed by atoms with Crippen LogP contribution in [0.3, 0.4) is 0 Å². The lowest BCUT2D eigenvalue weighted by Gasteiger charge is -2.23. The molecular weight excluding hydrogens is 136 g/mol. The molecule has 0 aromatic heterocycles. The Bertz CT molecular complexity index is 138. The third-order valence-corrected chi connectivity index (χ3v) is 1.87. The SMILES string of the molecule is C=CCC(C)(CO)CC=CC. The summed E-state index contributed by atoms with van der Waals surface area (Å²) in [5.41, 5.74) is -0.00569. The van der Waals surface area contributed by atoms with Crippen LogP contribution in [0.4, 0.5) is 0 Å². The molecule has 0 aliphatic heterocycles. The lowest BCUT2D eigenvalue weighted by molar-refractivity contribution is 0.147. The minimum Gasteiger partial charge on any atom is -0.396 e. The molecule has 1 atom stereocenters. The molecule has 64 valence electrons. The first kappa shape index (κ1) is 10.4. The molecule has 1 N–H and O–H groups in total. The predicted octanol–water partition coefficient (Wildman–Crippen LogP) is 2.53. The molecule has 0 saturated heterocycles. The van der Waals surface area contributed by atoms with Crippen LogP contribution >= 0.6 is 0 Å². The molecule has 0 heterocycles. The van der Waals surface area contributed by atoms with Crippen LogP contribution < -0.4 is 0 Å². The highest BCUT2D eigenvalue weighted by Crippen LogP contribution is 2.25. The maximum absolute atomic E-state index is 9.06. The van der Waals surface area contributed by atoms with Crippen molar-refractivity contribution >= 4 is 0 Å². The first-order valence-corrected chi connectivity index (χ1v) is 4.01. The van der Waals surface area contributed by atoms with E-state index in [-0.39, 0.29) is 12.0 Å². The fourth-order valence-electron chi connectivity index (χ4n) is 0.963. The molecule has 1 unspecified atom stereocenters. The van der Waals surface area contributed by atoms with Crippen LogP contribution in [-0.2, 0) is 0 Å². The summed E-state index contributed by atoms with van der Waals surface area (Å²) in [5.74, 6) is 0. The second-order valence-electron chi connectivity index (χ2n) is 3.23. The maximum Gasteiger partial charge on any atom is 0.0490 e. The smallest absolute Gasteiger partial charge is 0.0490 e. The number of allylic oxidation sites excluding steroid dienone is 3. The Morgan fingerprint density at radius 1 is 1.45 bits per heavy atom. The van der Waals surface area contributed by atoms with Gasteiger partial charge in [-0.25, -0.2) is 0 Å². The predicted molar refractivity (Wildman–Crippen MR) is 49.4 cm³/mol. The largest absolute Gasteiger partial charge is 0.396 e. The lowest BCUT2D eigenvalue weighted by atomic mass is 9.84. The van der Waals surface area contributed by atoms with Crippen LogP contribution in [0.15, 0.2) is 24.8 Å². The van der Waals surface area contributed by atoms with Crippen molar-refractivity contribution < 1.29 is 5.11 Å². The quantitative estimate of drug-likeness (QED) is 0.603. The summed E-state index contributed by atoms with van der Waals surface area (Å²) in [5, 5.41) is 9.06. The molecule has 0 saturated carbocycles. The molecule has 0 fully saturated rings. The van der Waals surface area contributed by atoms with Gasteiger partial charge >= 0.3 is 0 Å². The van der Waals surface area contributed by atoms with Gasteiger partial charge in [-0.15, -0.1) is 6.58 Å². The van der Waals surface area contributed by atoms with E-state index in [4.69, 9.17) is 5.11 Å². The topological polar surface area (TPSA) is 20.2 Å². The first-order chi connectivity index (χ1) is 5.18. The van der Waals surface area contributed by atoms with Gasteiger partial charge in [-0.1, -0.05) is 25.2 Å². The number of aliphatic hydroxyl groups excluding tert-OH is 1. The summed E-state index contributed by atoms with van der Waals surface area (Å²) < 4.78 is 0. The second-order valence-corrected chi connectivity index (χ2v) is 3.23. The van der Waals surface area contributed by atoms with E-state index in [2.05, 4.69) is 19.6 Å². The maximum atomic E-state index is 9.06. The Kier molecular flexibility index (Phi) is 4.88. The van der Waals surface area contributed by atoms with Crippen LogP contribution in [0, 0.1) is 5.41 Å². The number of rotatable bonds is 5. The van der Waals surface area contributed by atoms with Gasteiger partial charge in [-0.3, -0.25) is 0 Å². The Labute approximate surface area is 69.4 Å². The molecule has 0 aromatic rings. The molecular formula is C10H18O. The van der Waals surface area contributed by atoms with Crippen molar-refractivity contribution in [2.45, 2.75) is 26.7 Å². The zero-order valence-electron chi connectivity index (χ0n) is 7.51. The molecule has 1 nitrogen and oxygen atoms in total. The molecule has 11 heavy (non-hydrogen) atoms. The molecule has 1 heteroatoms. The van der Waals surface area contributed by atoms with Crippen molar-refractivity contribution in [2.24, 2.45) is 5.41 Å². The Hall–Kier alpha value is -0.560. The monoisotopic (exact) mass is 154 g/mol. The summed E-state index contributed by atoms with van der Waals surface area (Å²) in [6, 6.07) is 0. The van der Waals surface area contributed by atoms with Gasteiger partial charge in [-0.05, 0) is 25.2 Å². The molecule has 0 amide bonds. The highest BCUT2D eigenvalue weighted by molar-refractivity contribution is 4.90. The van der Waals surface area contributed by atoms with Gasteiger partial charge in [0.15, 0.2) is 0 Å². The molecule has 0 aliphatic carbocycles. The van der Waals surface area contributed by atoms with Gasteiger partial charge < -0.3 is 5.11 Å². The zero-order valence-corrected chi connectivity index (χ0v) is 7.51. The molecule has 0 radical (unpaired) electrons. The van der Waals surface area contributed by atoms with Crippen LogP contribution in [0.5, 0.6) is 0 Å².